The van der Waals surface area contributed by atoms with Crippen molar-refractivity contribution in [3.8, 4) is 11.3 Å². The largest absolute Gasteiger partial charge is 0.253 e. The number of hydrogen-bond acceptors (Lipinski definition) is 4. The quantitative estimate of drug-likeness (QED) is 0.497. The lowest BCUT2D eigenvalue weighted by molar-refractivity contribution is 1.28. The van der Waals surface area contributed by atoms with Crippen LogP contribution in [0.3, 0.4) is 0 Å². The van der Waals surface area contributed by atoms with Crippen molar-refractivity contribution < 1.29 is 0 Å². The summed E-state index contributed by atoms with van der Waals surface area (Å²) >= 11 is 5.00. The maximum absolute atomic E-state index is 4.53. The smallest absolute Gasteiger partial charge is 0.203 e. The Morgan fingerprint density at radius 2 is 2.00 bits per heavy atom. The summed E-state index contributed by atoms with van der Waals surface area (Å²) in [6.07, 6.45) is 1.81. The number of aryl methyl sites for hydroxylation is 1. The zero-order valence-corrected chi connectivity index (χ0v) is 14.4. The highest BCUT2D eigenvalue weighted by Crippen LogP contribution is 2.24. The van der Waals surface area contributed by atoms with Crippen molar-refractivity contribution in [2.75, 3.05) is 5.43 Å². The first-order valence-electron chi connectivity index (χ1n) is 6.78. The minimum absolute atomic E-state index is 0.782. The molecular formula is C17H14BrN3S. The van der Waals surface area contributed by atoms with Crippen LogP contribution < -0.4 is 5.43 Å². The van der Waals surface area contributed by atoms with Gasteiger partial charge in [-0.1, -0.05) is 52.3 Å². The first-order chi connectivity index (χ1) is 10.7. The molecule has 1 N–H and O–H groups in total. The van der Waals surface area contributed by atoms with Gasteiger partial charge in [0.15, 0.2) is 0 Å². The highest BCUT2D eigenvalue weighted by atomic mass is 79.9. The van der Waals surface area contributed by atoms with Crippen molar-refractivity contribution in [3.05, 3.63) is 69.5 Å². The Balaban J connectivity index is 1.69. The summed E-state index contributed by atoms with van der Waals surface area (Å²) in [5.41, 5.74) is 7.31. The average molecular weight is 372 g/mol. The summed E-state index contributed by atoms with van der Waals surface area (Å²) in [6.45, 7) is 2.06. The third-order valence-electron chi connectivity index (χ3n) is 3.17. The van der Waals surface area contributed by atoms with Gasteiger partial charge in [-0.15, -0.1) is 11.3 Å². The molecule has 0 aliphatic carbocycles. The molecule has 22 heavy (non-hydrogen) atoms. The molecule has 2 aromatic carbocycles. The lowest BCUT2D eigenvalue weighted by Gasteiger charge is -2.00. The second-order valence-corrected chi connectivity index (χ2v) is 6.55. The molecule has 110 valence electrons. The van der Waals surface area contributed by atoms with Gasteiger partial charge >= 0.3 is 0 Å². The number of anilines is 1. The molecule has 0 fully saturated rings. The molecular weight excluding hydrogens is 358 g/mol. The molecule has 1 aromatic heterocycles. The molecule has 5 heteroatoms. The van der Waals surface area contributed by atoms with E-state index in [-0.39, 0.29) is 0 Å². The molecule has 0 radical (unpaired) electrons. The third kappa shape index (κ3) is 3.61. The van der Waals surface area contributed by atoms with Gasteiger partial charge in [0.05, 0.1) is 11.9 Å². The van der Waals surface area contributed by atoms with Gasteiger partial charge in [0.1, 0.15) is 0 Å². The van der Waals surface area contributed by atoms with Crippen LogP contribution in [0, 0.1) is 6.92 Å². The zero-order valence-electron chi connectivity index (χ0n) is 12.0. The fourth-order valence-electron chi connectivity index (χ4n) is 2.01. The molecule has 0 aliphatic rings. The molecule has 0 aliphatic heterocycles. The normalized spacial score (nSPS) is 11.0. The van der Waals surface area contributed by atoms with Gasteiger partial charge in [0.25, 0.3) is 0 Å². The van der Waals surface area contributed by atoms with E-state index in [1.807, 2.05) is 54.1 Å². The number of aromatic nitrogens is 1. The molecule has 1 heterocycles. The van der Waals surface area contributed by atoms with Crippen molar-refractivity contribution in [2.45, 2.75) is 6.92 Å². The van der Waals surface area contributed by atoms with Crippen LogP contribution in [0.2, 0.25) is 0 Å². The van der Waals surface area contributed by atoms with E-state index in [1.54, 1.807) is 11.3 Å². The highest BCUT2D eigenvalue weighted by molar-refractivity contribution is 9.10. The van der Waals surface area contributed by atoms with Crippen molar-refractivity contribution in [2.24, 2.45) is 5.10 Å². The summed E-state index contributed by atoms with van der Waals surface area (Å²) in [6, 6.07) is 16.2. The van der Waals surface area contributed by atoms with E-state index < -0.39 is 0 Å². The Morgan fingerprint density at radius 3 is 2.77 bits per heavy atom. The maximum atomic E-state index is 4.53. The number of hydrazone groups is 1. The zero-order chi connectivity index (χ0) is 15.4. The van der Waals surface area contributed by atoms with Crippen LogP contribution in [0.4, 0.5) is 5.13 Å². The van der Waals surface area contributed by atoms with E-state index in [9.17, 15) is 0 Å². The Labute approximate surface area is 141 Å². The van der Waals surface area contributed by atoms with Gasteiger partial charge in [-0.2, -0.15) is 5.10 Å². The topological polar surface area (TPSA) is 37.3 Å². The monoisotopic (exact) mass is 371 g/mol. The minimum atomic E-state index is 0.782. The third-order valence-corrected chi connectivity index (χ3v) is 4.41. The van der Waals surface area contributed by atoms with E-state index in [2.05, 4.69) is 44.4 Å². The number of halogens is 1. The van der Waals surface area contributed by atoms with Crippen LogP contribution in [0.15, 0.2) is 63.5 Å². The lowest BCUT2D eigenvalue weighted by Crippen LogP contribution is -1.92. The van der Waals surface area contributed by atoms with Crippen LogP contribution >= 0.6 is 27.3 Å². The van der Waals surface area contributed by atoms with Gasteiger partial charge in [-0.3, -0.25) is 5.43 Å². The first kappa shape index (κ1) is 14.9. The van der Waals surface area contributed by atoms with Crippen LogP contribution in [0.25, 0.3) is 11.3 Å². The molecule has 3 nitrogen and oxygen atoms in total. The van der Waals surface area contributed by atoms with Crippen molar-refractivity contribution in [1.29, 1.82) is 0 Å². The van der Waals surface area contributed by atoms with E-state index in [1.165, 1.54) is 5.56 Å². The second-order valence-electron chi connectivity index (χ2n) is 4.77. The van der Waals surface area contributed by atoms with Crippen molar-refractivity contribution in [1.82, 2.24) is 4.98 Å². The second kappa shape index (κ2) is 6.85. The van der Waals surface area contributed by atoms with Crippen LogP contribution in [0.1, 0.15) is 11.1 Å². The van der Waals surface area contributed by atoms with Crippen LogP contribution in [-0.4, -0.2) is 11.2 Å². The average Bonchev–Trinajstić information content (AvgIpc) is 2.99. The first-order valence-corrected chi connectivity index (χ1v) is 8.46. The van der Waals surface area contributed by atoms with Crippen molar-refractivity contribution >= 4 is 38.6 Å². The molecule has 3 rings (SSSR count). The fourth-order valence-corrected chi connectivity index (χ4v) is 3.15. The van der Waals surface area contributed by atoms with E-state index in [0.29, 0.717) is 0 Å². The highest BCUT2D eigenvalue weighted by Gasteiger charge is 2.03. The number of nitrogens with zero attached hydrogens (tertiary/aromatic N) is 2. The molecule has 0 unspecified atom stereocenters. The summed E-state index contributed by atoms with van der Waals surface area (Å²) < 4.78 is 1.07. The van der Waals surface area contributed by atoms with E-state index in [4.69, 9.17) is 0 Å². The van der Waals surface area contributed by atoms with Gasteiger partial charge in [-0.25, -0.2) is 4.98 Å². The number of hydrogen-bond donors (Lipinski definition) is 1. The molecule has 0 saturated heterocycles. The van der Waals surface area contributed by atoms with Gasteiger partial charge in [-0.05, 0) is 30.2 Å². The number of nitrogens with one attached hydrogen (secondary N) is 1. The molecule has 0 bridgehead atoms. The maximum Gasteiger partial charge on any atom is 0.203 e. The van der Waals surface area contributed by atoms with Crippen LogP contribution in [0.5, 0.6) is 0 Å². The van der Waals surface area contributed by atoms with Crippen LogP contribution in [-0.2, 0) is 0 Å². The Bertz CT molecular complexity index is 797. The fraction of sp³-hybridized carbons (Fsp3) is 0.0588. The number of thiazole rings is 1. The molecule has 3 aromatic rings. The molecule has 0 amide bonds. The molecule has 0 atom stereocenters. The van der Waals surface area contributed by atoms with E-state index >= 15 is 0 Å². The van der Waals surface area contributed by atoms with Gasteiger partial charge in [0.2, 0.25) is 5.13 Å². The van der Waals surface area contributed by atoms with Crippen molar-refractivity contribution in [3.63, 3.8) is 0 Å². The van der Waals surface area contributed by atoms with E-state index in [0.717, 1.165) is 26.4 Å². The Hall–Kier alpha value is -1.98. The summed E-state index contributed by atoms with van der Waals surface area (Å²) in [4.78, 5) is 4.53. The number of benzene rings is 2. The Kier molecular flexibility index (Phi) is 4.65. The lowest BCUT2D eigenvalue weighted by atomic mass is 10.1. The predicted octanol–water partition coefficient (Wildman–Crippen LogP) is 5.33. The van der Waals surface area contributed by atoms with Gasteiger partial charge in [0, 0.05) is 15.4 Å². The minimum Gasteiger partial charge on any atom is -0.253 e. The standard InChI is InChI=1S/C17H14BrN3S/c1-12-9-15(18)8-7-14(12)10-19-21-17-20-16(11-22-17)13-5-3-2-4-6-13/h2-11H,1H3,(H,20,21). The summed E-state index contributed by atoms with van der Waals surface area (Å²) in [5, 5.41) is 7.08. The summed E-state index contributed by atoms with van der Waals surface area (Å²) in [5.74, 6) is 0. The Morgan fingerprint density at radius 1 is 1.18 bits per heavy atom. The van der Waals surface area contributed by atoms with Gasteiger partial charge < -0.3 is 0 Å². The SMILES string of the molecule is Cc1cc(Br)ccc1C=NNc1nc(-c2ccccc2)cs1. The predicted molar refractivity (Wildman–Crippen MR) is 97.6 cm³/mol. The summed E-state index contributed by atoms with van der Waals surface area (Å²) in [7, 11) is 0. The number of rotatable bonds is 4. The molecule has 0 saturated carbocycles. The molecule has 0 spiro atoms.